The van der Waals surface area contributed by atoms with Crippen molar-refractivity contribution in [3.8, 4) is 11.3 Å². The fourth-order valence-corrected chi connectivity index (χ4v) is 5.61. The SMILES string of the molecule is CN1CCc2cccc(c2)-c2cc3cc(F)ccc3n2CCN(Cc2ccncc2)Cc2cccc(c2)C1. The summed E-state index contributed by atoms with van der Waals surface area (Å²) in [6.45, 7) is 5.28. The number of aromatic nitrogens is 2. The lowest BCUT2D eigenvalue weighted by molar-refractivity contribution is 0.247. The minimum Gasteiger partial charge on any atom is -0.339 e. The molecule has 0 unspecified atom stereocenters. The summed E-state index contributed by atoms with van der Waals surface area (Å²) in [5, 5.41) is 0.941. The molecular formula is C33H33FN4. The normalized spacial score (nSPS) is 15.4. The summed E-state index contributed by atoms with van der Waals surface area (Å²) >= 11 is 0. The molecule has 4 nitrogen and oxygen atoms in total. The van der Waals surface area contributed by atoms with Gasteiger partial charge in [-0.05, 0) is 83.8 Å². The number of benzene rings is 3. The molecule has 2 aromatic heterocycles. The van der Waals surface area contributed by atoms with Crippen molar-refractivity contribution in [1.29, 1.82) is 0 Å². The minimum absolute atomic E-state index is 0.199. The zero-order chi connectivity index (χ0) is 25.9. The average molecular weight is 505 g/mol. The number of fused-ring (bicyclic) bond motifs is 8. The van der Waals surface area contributed by atoms with E-state index < -0.39 is 0 Å². The first kappa shape index (κ1) is 24.5. The van der Waals surface area contributed by atoms with Gasteiger partial charge in [0.05, 0.1) is 0 Å². The van der Waals surface area contributed by atoms with Gasteiger partial charge in [0.15, 0.2) is 0 Å². The highest BCUT2D eigenvalue weighted by molar-refractivity contribution is 5.87. The summed E-state index contributed by atoms with van der Waals surface area (Å²) < 4.78 is 16.6. The van der Waals surface area contributed by atoms with Crippen LogP contribution in [0.1, 0.15) is 22.3 Å². The number of likely N-dealkylation sites (N-methyl/N-ethyl adjacent to an activating group) is 1. The number of rotatable bonds is 2. The molecule has 192 valence electrons. The van der Waals surface area contributed by atoms with Crippen molar-refractivity contribution in [2.24, 2.45) is 0 Å². The van der Waals surface area contributed by atoms with Crippen LogP contribution in [0, 0.1) is 5.82 Å². The molecule has 4 bridgehead atoms. The number of pyridine rings is 1. The van der Waals surface area contributed by atoms with Gasteiger partial charge in [0.2, 0.25) is 0 Å². The van der Waals surface area contributed by atoms with Crippen LogP contribution in [-0.2, 0) is 32.6 Å². The predicted octanol–water partition coefficient (Wildman–Crippen LogP) is 6.53. The van der Waals surface area contributed by atoms with Gasteiger partial charge in [-0.2, -0.15) is 0 Å². The smallest absolute Gasteiger partial charge is 0.123 e. The maximum atomic E-state index is 14.2. The van der Waals surface area contributed by atoms with E-state index in [1.54, 1.807) is 12.1 Å². The minimum atomic E-state index is -0.199. The Kier molecular flexibility index (Phi) is 7.04. The molecule has 6 rings (SSSR count). The van der Waals surface area contributed by atoms with Gasteiger partial charge in [-0.25, -0.2) is 4.39 Å². The van der Waals surface area contributed by atoms with Crippen LogP contribution in [0.5, 0.6) is 0 Å². The van der Waals surface area contributed by atoms with E-state index in [1.807, 2.05) is 18.5 Å². The Morgan fingerprint density at radius 1 is 0.763 bits per heavy atom. The standard InChI is InChI=1S/C33H33FN4/c1-36-15-12-25-4-3-7-29(19-25)33-21-30-20-31(34)8-9-32(30)38(33)17-16-37(23-26-10-13-35-14-11-26)24-28-6-2-5-27(18-28)22-36/h2-11,13-14,18-21H,12,15-17,22-24H2,1H3. The quantitative estimate of drug-likeness (QED) is 0.273. The zero-order valence-corrected chi connectivity index (χ0v) is 21.9. The molecule has 5 aromatic rings. The van der Waals surface area contributed by atoms with Crippen LogP contribution in [0.15, 0.2) is 97.3 Å². The second-order valence-electron chi connectivity index (χ2n) is 10.5. The van der Waals surface area contributed by atoms with Crippen molar-refractivity contribution in [3.63, 3.8) is 0 Å². The number of hydrogen-bond acceptors (Lipinski definition) is 3. The second-order valence-corrected chi connectivity index (χ2v) is 10.5. The number of halogens is 1. The van der Waals surface area contributed by atoms with Gasteiger partial charge in [0.1, 0.15) is 5.82 Å². The molecule has 0 saturated heterocycles. The fourth-order valence-electron chi connectivity index (χ4n) is 5.61. The Morgan fingerprint density at radius 3 is 2.42 bits per heavy atom. The highest BCUT2D eigenvalue weighted by Crippen LogP contribution is 2.30. The highest BCUT2D eigenvalue weighted by Gasteiger charge is 2.15. The van der Waals surface area contributed by atoms with Gasteiger partial charge in [-0.15, -0.1) is 0 Å². The van der Waals surface area contributed by atoms with E-state index in [9.17, 15) is 4.39 Å². The molecule has 3 aromatic carbocycles. The van der Waals surface area contributed by atoms with E-state index in [-0.39, 0.29) is 5.82 Å². The van der Waals surface area contributed by atoms with E-state index in [2.05, 4.69) is 93.1 Å². The Bertz CT molecular complexity index is 1540. The lowest BCUT2D eigenvalue weighted by atomic mass is 10.0. The van der Waals surface area contributed by atoms with Crippen LogP contribution in [0.3, 0.4) is 0 Å². The van der Waals surface area contributed by atoms with Crippen LogP contribution >= 0.6 is 0 Å². The van der Waals surface area contributed by atoms with Crippen molar-refractivity contribution in [2.45, 2.75) is 32.6 Å². The maximum Gasteiger partial charge on any atom is 0.123 e. The van der Waals surface area contributed by atoms with Crippen LogP contribution < -0.4 is 0 Å². The summed E-state index contributed by atoms with van der Waals surface area (Å²) in [5.74, 6) is -0.199. The highest BCUT2D eigenvalue weighted by atomic mass is 19.1. The molecule has 3 heterocycles. The molecule has 0 atom stereocenters. The van der Waals surface area contributed by atoms with Crippen molar-refractivity contribution in [2.75, 3.05) is 20.1 Å². The molecule has 0 amide bonds. The van der Waals surface area contributed by atoms with Crippen molar-refractivity contribution >= 4 is 10.9 Å². The average Bonchev–Trinajstić information content (AvgIpc) is 3.28. The van der Waals surface area contributed by atoms with Crippen LogP contribution in [0.4, 0.5) is 4.39 Å². The monoisotopic (exact) mass is 504 g/mol. The summed E-state index contributed by atoms with van der Waals surface area (Å²) in [6.07, 6.45) is 4.71. The Morgan fingerprint density at radius 2 is 1.55 bits per heavy atom. The van der Waals surface area contributed by atoms with Gasteiger partial charge < -0.3 is 9.47 Å². The van der Waals surface area contributed by atoms with Gasteiger partial charge in [0.25, 0.3) is 0 Å². The maximum absolute atomic E-state index is 14.2. The molecule has 0 fully saturated rings. The summed E-state index contributed by atoms with van der Waals surface area (Å²) in [7, 11) is 2.20. The van der Waals surface area contributed by atoms with Gasteiger partial charge >= 0.3 is 0 Å². The zero-order valence-electron chi connectivity index (χ0n) is 21.9. The molecule has 1 aliphatic rings. The van der Waals surface area contributed by atoms with E-state index in [0.717, 1.165) is 62.3 Å². The molecular weight excluding hydrogens is 471 g/mol. The van der Waals surface area contributed by atoms with Crippen LogP contribution in [0.2, 0.25) is 0 Å². The molecule has 0 spiro atoms. The third-order valence-corrected chi connectivity index (χ3v) is 7.51. The number of nitrogens with zero attached hydrogens (tertiary/aromatic N) is 4. The first-order chi connectivity index (χ1) is 18.6. The second kappa shape index (κ2) is 10.9. The van der Waals surface area contributed by atoms with E-state index in [0.29, 0.717) is 0 Å². The summed E-state index contributed by atoms with van der Waals surface area (Å²) in [5.41, 5.74) is 8.62. The summed E-state index contributed by atoms with van der Waals surface area (Å²) in [4.78, 5) is 9.10. The first-order valence-electron chi connectivity index (χ1n) is 13.4. The lowest BCUT2D eigenvalue weighted by Crippen LogP contribution is -2.27. The lowest BCUT2D eigenvalue weighted by Gasteiger charge is -2.25. The number of hydrogen-bond donors (Lipinski definition) is 0. The third-order valence-electron chi connectivity index (χ3n) is 7.51. The van der Waals surface area contributed by atoms with Gasteiger partial charge in [-0.3, -0.25) is 9.88 Å². The topological polar surface area (TPSA) is 24.3 Å². The largest absolute Gasteiger partial charge is 0.339 e. The van der Waals surface area contributed by atoms with Gasteiger partial charge in [-0.1, -0.05) is 42.5 Å². The van der Waals surface area contributed by atoms with Crippen molar-refractivity contribution in [3.05, 3.63) is 125 Å². The van der Waals surface area contributed by atoms with E-state index in [4.69, 9.17) is 0 Å². The molecule has 5 heteroatoms. The van der Waals surface area contributed by atoms with Crippen molar-refractivity contribution in [1.82, 2.24) is 19.4 Å². The molecule has 0 N–H and O–H groups in total. The Labute approximate surface area is 224 Å². The first-order valence-corrected chi connectivity index (χ1v) is 13.4. The third kappa shape index (κ3) is 5.54. The molecule has 0 saturated carbocycles. The Balaban J connectivity index is 1.43. The van der Waals surface area contributed by atoms with Gasteiger partial charge in [0, 0.05) is 68.3 Å². The van der Waals surface area contributed by atoms with Crippen LogP contribution in [-0.4, -0.2) is 39.5 Å². The molecule has 0 aliphatic carbocycles. The molecule has 0 radical (unpaired) electrons. The fraction of sp³-hybridized carbons (Fsp3) is 0.242. The predicted molar refractivity (Wildman–Crippen MR) is 152 cm³/mol. The molecule has 38 heavy (non-hydrogen) atoms. The Hall–Kier alpha value is -3.80. The van der Waals surface area contributed by atoms with E-state index >= 15 is 0 Å². The van der Waals surface area contributed by atoms with E-state index in [1.165, 1.54) is 27.8 Å². The van der Waals surface area contributed by atoms with Crippen LogP contribution in [0.25, 0.3) is 22.2 Å². The summed E-state index contributed by atoms with van der Waals surface area (Å²) in [6, 6.07) is 29.3. The van der Waals surface area contributed by atoms with Crippen molar-refractivity contribution < 1.29 is 4.39 Å². The molecule has 1 aliphatic heterocycles.